The highest BCUT2D eigenvalue weighted by Crippen LogP contribution is 2.65. The third-order valence-corrected chi connectivity index (χ3v) is 10.5. The number of amides is 1. The number of phenols is 1. The van der Waals surface area contributed by atoms with Crippen molar-refractivity contribution in [2.45, 2.75) is 105 Å². The molecule has 11 nitrogen and oxygen atoms in total. The van der Waals surface area contributed by atoms with Crippen LogP contribution in [0.2, 0.25) is 0 Å². The van der Waals surface area contributed by atoms with Gasteiger partial charge in [-0.1, -0.05) is 6.07 Å². The molecule has 1 aromatic carbocycles. The van der Waals surface area contributed by atoms with Crippen molar-refractivity contribution >= 4 is 5.91 Å². The number of hydrogen-bond donors (Lipinski definition) is 7. The third-order valence-electron chi connectivity index (χ3n) is 10.5. The van der Waals surface area contributed by atoms with Crippen molar-refractivity contribution in [3.8, 4) is 11.5 Å². The minimum atomic E-state index is -1.55. The van der Waals surface area contributed by atoms with E-state index in [0.29, 0.717) is 37.4 Å². The van der Waals surface area contributed by atoms with Gasteiger partial charge in [0.25, 0.3) is 0 Å². The number of nitrogens with one attached hydrogen (secondary N) is 1. The zero-order valence-electron chi connectivity index (χ0n) is 21.8. The predicted molar refractivity (Wildman–Crippen MR) is 135 cm³/mol. The topological polar surface area (TPSA) is 172 Å². The quantitative estimate of drug-likeness (QED) is 0.227. The third kappa shape index (κ3) is 3.64. The van der Waals surface area contributed by atoms with E-state index < -0.39 is 66.2 Å². The molecule has 11 heteroatoms. The summed E-state index contributed by atoms with van der Waals surface area (Å²) in [4.78, 5) is 15.7. The summed E-state index contributed by atoms with van der Waals surface area (Å²) in [5.41, 5.74) is 0.132. The van der Waals surface area contributed by atoms with Gasteiger partial charge in [-0.3, -0.25) is 9.69 Å². The summed E-state index contributed by atoms with van der Waals surface area (Å²) in [6.45, 7) is 1.23. The molecule has 1 spiro atoms. The smallest absolute Gasteiger partial charge is 0.223 e. The van der Waals surface area contributed by atoms with Gasteiger partial charge in [-0.05, 0) is 62.6 Å². The molecule has 4 fully saturated rings. The standard InChI is InChI=1S/C28H38N2O9/c31-12-18-23(35)24(36)22(34)17(38-18)10-20(33)29-15-5-6-28(37)19-9-14-3-4-16(32)25-21(14)27(28,26(15)39-25)7-8-30(19)11-13-1-2-13/h3-4,13,15,17-19,22-24,26,31-32,34-37H,1-2,5-12H2,(H,29,33)/t15-,17+,18-,19-,22+,23-,24-,26+,27+,28-/m1/s1. The number of ether oxygens (including phenoxy) is 2. The molecule has 3 aliphatic heterocycles. The van der Waals surface area contributed by atoms with Crippen LogP contribution in [0.15, 0.2) is 12.1 Å². The lowest BCUT2D eigenvalue weighted by molar-refractivity contribution is -0.230. The highest BCUT2D eigenvalue weighted by Gasteiger charge is 2.73. The fraction of sp³-hybridized carbons (Fsp3) is 0.750. The van der Waals surface area contributed by atoms with Crippen LogP contribution in [-0.4, -0.2) is 115 Å². The van der Waals surface area contributed by atoms with E-state index in [2.05, 4.69) is 10.2 Å². The van der Waals surface area contributed by atoms with Crippen LogP contribution < -0.4 is 10.1 Å². The summed E-state index contributed by atoms with van der Waals surface area (Å²) in [7, 11) is 0. The Bertz CT molecular complexity index is 1160. The van der Waals surface area contributed by atoms with E-state index in [-0.39, 0.29) is 18.2 Å². The zero-order chi connectivity index (χ0) is 27.3. The average Bonchev–Trinajstić information content (AvgIpc) is 3.65. The van der Waals surface area contributed by atoms with E-state index in [1.165, 1.54) is 12.8 Å². The molecule has 3 aliphatic carbocycles. The van der Waals surface area contributed by atoms with Gasteiger partial charge in [-0.2, -0.15) is 0 Å². The van der Waals surface area contributed by atoms with Crippen molar-refractivity contribution in [3.05, 3.63) is 23.3 Å². The first-order valence-electron chi connectivity index (χ1n) is 14.3. The second-order valence-electron chi connectivity index (χ2n) is 12.6. The van der Waals surface area contributed by atoms with Gasteiger partial charge in [-0.15, -0.1) is 0 Å². The lowest BCUT2D eigenvalue weighted by Crippen LogP contribution is -2.78. The molecule has 214 valence electrons. The summed E-state index contributed by atoms with van der Waals surface area (Å²) in [5, 5.41) is 66.4. The van der Waals surface area contributed by atoms with Crippen molar-refractivity contribution < 1.29 is 44.9 Å². The number of aliphatic hydroxyl groups is 5. The molecule has 0 aromatic heterocycles. The van der Waals surface area contributed by atoms with Crippen LogP contribution >= 0.6 is 0 Å². The number of piperidine rings is 1. The average molecular weight is 547 g/mol. The van der Waals surface area contributed by atoms with Gasteiger partial charge < -0.3 is 45.4 Å². The predicted octanol–water partition coefficient (Wildman–Crippen LogP) is -1.33. The number of rotatable bonds is 6. The number of likely N-dealkylation sites (tertiary alicyclic amines) is 1. The Kier molecular flexibility index (Phi) is 5.99. The molecule has 39 heavy (non-hydrogen) atoms. The molecule has 0 unspecified atom stereocenters. The Morgan fingerprint density at radius 2 is 1.85 bits per heavy atom. The summed E-state index contributed by atoms with van der Waals surface area (Å²) < 4.78 is 12.0. The fourth-order valence-corrected chi connectivity index (χ4v) is 8.43. The summed E-state index contributed by atoms with van der Waals surface area (Å²) in [6.07, 6.45) is -2.85. The SMILES string of the molecule is O=C(C[C@@H]1O[C@H](CO)[C@@H](O)[C@H](O)[C@H]1O)N[C@@H]1CC[C@@]2(O)[C@H]3Cc4ccc(O)c5c4[C@@]2(CCN3CC2CC2)[C@H]1O5. The highest BCUT2D eigenvalue weighted by atomic mass is 16.5. The summed E-state index contributed by atoms with van der Waals surface area (Å²) >= 11 is 0. The fourth-order valence-electron chi connectivity index (χ4n) is 8.43. The lowest BCUT2D eigenvalue weighted by atomic mass is 9.48. The molecule has 7 rings (SSSR count). The maximum Gasteiger partial charge on any atom is 0.223 e. The van der Waals surface area contributed by atoms with Gasteiger partial charge in [0.2, 0.25) is 5.91 Å². The minimum absolute atomic E-state index is 0.0325. The number of phenolic OH excluding ortho intramolecular Hbond substituents is 1. The number of benzene rings is 1. The molecule has 2 saturated carbocycles. The molecule has 1 aromatic rings. The molecule has 3 heterocycles. The van der Waals surface area contributed by atoms with Gasteiger partial charge in [-0.25, -0.2) is 0 Å². The molecule has 2 saturated heterocycles. The van der Waals surface area contributed by atoms with Crippen molar-refractivity contribution in [2.75, 3.05) is 19.7 Å². The largest absolute Gasteiger partial charge is 0.504 e. The van der Waals surface area contributed by atoms with E-state index >= 15 is 0 Å². The zero-order valence-corrected chi connectivity index (χ0v) is 21.8. The van der Waals surface area contributed by atoms with E-state index in [0.717, 1.165) is 24.2 Å². The first-order valence-corrected chi connectivity index (χ1v) is 14.3. The van der Waals surface area contributed by atoms with E-state index in [1.807, 2.05) is 6.07 Å². The second-order valence-corrected chi connectivity index (χ2v) is 12.6. The monoisotopic (exact) mass is 546 g/mol. The molecular formula is C28H38N2O9. The second kappa shape index (κ2) is 9.01. The number of aliphatic hydroxyl groups excluding tert-OH is 4. The minimum Gasteiger partial charge on any atom is -0.504 e. The Morgan fingerprint density at radius 3 is 2.59 bits per heavy atom. The number of nitrogens with zero attached hydrogens (tertiary/aromatic N) is 1. The summed E-state index contributed by atoms with van der Waals surface area (Å²) in [6, 6.07) is 3.07. The maximum absolute atomic E-state index is 13.2. The number of aromatic hydroxyl groups is 1. The molecule has 10 atom stereocenters. The van der Waals surface area contributed by atoms with Gasteiger partial charge in [0, 0.05) is 18.2 Å². The molecule has 7 N–H and O–H groups in total. The Labute approximate surface area is 226 Å². The Morgan fingerprint density at radius 1 is 1.08 bits per heavy atom. The van der Waals surface area contributed by atoms with Crippen LogP contribution in [0.4, 0.5) is 0 Å². The van der Waals surface area contributed by atoms with Crippen molar-refractivity contribution in [3.63, 3.8) is 0 Å². The highest BCUT2D eigenvalue weighted by molar-refractivity contribution is 5.77. The van der Waals surface area contributed by atoms with E-state index in [4.69, 9.17) is 9.47 Å². The van der Waals surface area contributed by atoms with Crippen LogP contribution in [0.5, 0.6) is 11.5 Å². The van der Waals surface area contributed by atoms with Gasteiger partial charge in [0.05, 0.1) is 36.2 Å². The molecule has 0 radical (unpaired) electrons. The number of carbonyl (C=O) groups excluding carboxylic acids is 1. The molecule has 6 aliphatic rings. The molecular weight excluding hydrogens is 508 g/mol. The van der Waals surface area contributed by atoms with Gasteiger partial charge >= 0.3 is 0 Å². The first-order chi connectivity index (χ1) is 18.7. The van der Waals surface area contributed by atoms with Gasteiger partial charge in [0.1, 0.15) is 30.5 Å². The Balaban J connectivity index is 1.16. The van der Waals surface area contributed by atoms with Crippen molar-refractivity contribution in [2.24, 2.45) is 5.92 Å². The first kappa shape index (κ1) is 25.9. The Hall–Kier alpha value is -1.99. The van der Waals surface area contributed by atoms with Gasteiger partial charge in [0.15, 0.2) is 11.5 Å². The number of hydrogen-bond acceptors (Lipinski definition) is 10. The van der Waals surface area contributed by atoms with E-state index in [1.54, 1.807) is 6.07 Å². The van der Waals surface area contributed by atoms with Crippen LogP contribution in [-0.2, 0) is 21.4 Å². The normalized spacial score (nSPS) is 44.4. The van der Waals surface area contributed by atoms with Crippen LogP contribution in [0.1, 0.15) is 49.7 Å². The van der Waals surface area contributed by atoms with Crippen molar-refractivity contribution in [1.82, 2.24) is 10.2 Å². The van der Waals surface area contributed by atoms with Crippen molar-refractivity contribution in [1.29, 1.82) is 0 Å². The van der Waals surface area contributed by atoms with Crippen LogP contribution in [0.3, 0.4) is 0 Å². The maximum atomic E-state index is 13.2. The lowest BCUT2D eigenvalue weighted by Gasteiger charge is -2.64. The van der Waals surface area contributed by atoms with E-state index in [9.17, 15) is 35.4 Å². The number of carbonyl (C=O) groups is 1. The summed E-state index contributed by atoms with van der Waals surface area (Å²) in [5.74, 6) is 0.687. The molecule has 1 amide bonds. The molecule has 2 bridgehead atoms. The van der Waals surface area contributed by atoms with Crippen LogP contribution in [0, 0.1) is 5.92 Å². The van der Waals surface area contributed by atoms with Crippen LogP contribution in [0.25, 0.3) is 0 Å².